The molecule has 0 aliphatic heterocycles. The molecular weight excluding hydrogens is 212 g/mol. The fraction of sp³-hybridized carbons (Fsp3) is 1.00. The molecule has 2 nitrogen and oxygen atoms in total. The van der Waals surface area contributed by atoms with Crippen LogP contribution in [0.3, 0.4) is 0 Å². The average Bonchev–Trinajstić information content (AvgIpc) is 2.36. The maximum Gasteiger partial charge on any atom is 0.0494 e. The summed E-state index contributed by atoms with van der Waals surface area (Å²) in [4.78, 5) is 0. The lowest BCUT2D eigenvalue weighted by molar-refractivity contribution is 0.0819. The number of ether oxygens (including phenoxy) is 1. The summed E-state index contributed by atoms with van der Waals surface area (Å²) in [5.74, 6) is 0.722. The first-order valence-corrected chi connectivity index (χ1v) is 7.53. The molecule has 0 aromatic heterocycles. The number of rotatable bonds is 13. The summed E-state index contributed by atoms with van der Waals surface area (Å²) in [6, 6.07) is 0. The van der Waals surface area contributed by atoms with Crippen LogP contribution in [-0.2, 0) is 4.74 Å². The Morgan fingerprint density at radius 2 is 1.65 bits per heavy atom. The topological polar surface area (TPSA) is 29.5 Å². The lowest BCUT2D eigenvalue weighted by Crippen LogP contribution is -2.10. The van der Waals surface area contributed by atoms with Crippen molar-refractivity contribution in [3.8, 4) is 0 Å². The minimum absolute atomic E-state index is 0.244. The number of aliphatic hydroxyl groups is 1. The Morgan fingerprint density at radius 1 is 0.941 bits per heavy atom. The predicted octanol–water partition coefficient (Wildman–Crippen LogP) is 4.16. The third kappa shape index (κ3) is 12.2. The van der Waals surface area contributed by atoms with Crippen molar-refractivity contribution in [2.45, 2.75) is 71.6 Å². The van der Waals surface area contributed by atoms with E-state index in [4.69, 9.17) is 9.84 Å². The van der Waals surface area contributed by atoms with Crippen LogP contribution in [-0.4, -0.2) is 24.9 Å². The summed E-state index contributed by atoms with van der Waals surface area (Å²) in [6.45, 7) is 6.34. The maximum absolute atomic E-state index is 8.65. The van der Waals surface area contributed by atoms with Crippen molar-refractivity contribution in [3.63, 3.8) is 0 Å². The predicted molar refractivity (Wildman–Crippen MR) is 74.3 cm³/mol. The van der Waals surface area contributed by atoms with E-state index in [-0.39, 0.29) is 6.61 Å². The second-order valence-electron chi connectivity index (χ2n) is 4.98. The first-order valence-electron chi connectivity index (χ1n) is 7.53. The first kappa shape index (κ1) is 16.9. The lowest BCUT2D eigenvalue weighted by Gasteiger charge is -2.14. The van der Waals surface area contributed by atoms with Crippen LogP contribution >= 0.6 is 0 Å². The summed E-state index contributed by atoms with van der Waals surface area (Å²) in [5, 5.41) is 8.65. The van der Waals surface area contributed by atoms with E-state index in [9.17, 15) is 0 Å². The van der Waals surface area contributed by atoms with Crippen LogP contribution < -0.4 is 0 Å². The van der Waals surface area contributed by atoms with E-state index in [2.05, 4.69) is 13.8 Å². The minimum Gasteiger partial charge on any atom is -0.396 e. The molecule has 1 atom stereocenters. The highest BCUT2D eigenvalue weighted by Gasteiger charge is 2.05. The van der Waals surface area contributed by atoms with Crippen molar-refractivity contribution in [1.29, 1.82) is 0 Å². The highest BCUT2D eigenvalue weighted by Crippen LogP contribution is 2.15. The summed E-state index contributed by atoms with van der Waals surface area (Å²) in [5.41, 5.74) is 0. The van der Waals surface area contributed by atoms with Gasteiger partial charge in [0.1, 0.15) is 0 Å². The molecule has 0 aliphatic rings. The van der Waals surface area contributed by atoms with Gasteiger partial charge in [-0.2, -0.15) is 0 Å². The van der Waals surface area contributed by atoms with Gasteiger partial charge in [0.2, 0.25) is 0 Å². The SMILES string of the molecule is CCCCCCCCC(CC)COCCCO. The van der Waals surface area contributed by atoms with E-state index in [0.717, 1.165) is 18.9 Å². The molecule has 0 saturated heterocycles. The molecule has 0 rings (SSSR count). The van der Waals surface area contributed by atoms with Crippen LogP contribution in [0.15, 0.2) is 0 Å². The van der Waals surface area contributed by atoms with Gasteiger partial charge in [-0.3, -0.25) is 0 Å². The molecule has 0 fully saturated rings. The fourth-order valence-electron chi connectivity index (χ4n) is 2.04. The second kappa shape index (κ2) is 14.0. The van der Waals surface area contributed by atoms with E-state index in [0.29, 0.717) is 6.61 Å². The van der Waals surface area contributed by atoms with Crippen molar-refractivity contribution in [1.82, 2.24) is 0 Å². The van der Waals surface area contributed by atoms with Crippen molar-refractivity contribution in [2.75, 3.05) is 19.8 Å². The number of hydrogen-bond donors (Lipinski definition) is 1. The van der Waals surface area contributed by atoms with Gasteiger partial charge in [0.25, 0.3) is 0 Å². The fourth-order valence-corrected chi connectivity index (χ4v) is 2.04. The van der Waals surface area contributed by atoms with Crippen molar-refractivity contribution < 1.29 is 9.84 Å². The largest absolute Gasteiger partial charge is 0.396 e. The van der Waals surface area contributed by atoms with E-state index in [1.165, 1.54) is 51.4 Å². The van der Waals surface area contributed by atoms with Gasteiger partial charge in [0.05, 0.1) is 0 Å². The molecule has 0 radical (unpaired) electrons. The quantitative estimate of drug-likeness (QED) is 0.493. The minimum atomic E-state index is 0.244. The zero-order valence-electron chi connectivity index (χ0n) is 11.9. The van der Waals surface area contributed by atoms with Gasteiger partial charge in [-0.05, 0) is 18.8 Å². The third-order valence-corrected chi connectivity index (χ3v) is 3.34. The molecule has 104 valence electrons. The number of aliphatic hydroxyl groups excluding tert-OH is 1. The molecule has 0 spiro atoms. The Labute approximate surface area is 108 Å². The molecule has 0 aliphatic carbocycles. The second-order valence-corrected chi connectivity index (χ2v) is 4.98. The van der Waals surface area contributed by atoms with Crippen molar-refractivity contribution >= 4 is 0 Å². The Kier molecular flexibility index (Phi) is 13.9. The van der Waals surface area contributed by atoms with Gasteiger partial charge < -0.3 is 9.84 Å². The summed E-state index contributed by atoms with van der Waals surface area (Å²) in [6.07, 6.45) is 11.6. The van der Waals surface area contributed by atoms with Crippen molar-refractivity contribution in [3.05, 3.63) is 0 Å². The van der Waals surface area contributed by atoms with Gasteiger partial charge in [-0.25, -0.2) is 0 Å². The molecule has 0 bridgehead atoms. The highest BCUT2D eigenvalue weighted by molar-refractivity contribution is 4.57. The van der Waals surface area contributed by atoms with Crippen LogP contribution in [0.25, 0.3) is 0 Å². The van der Waals surface area contributed by atoms with Crippen molar-refractivity contribution in [2.24, 2.45) is 5.92 Å². The summed E-state index contributed by atoms with van der Waals surface area (Å²) >= 11 is 0. The van der Waals surface area contributed by atoms with E-state index in [1.54, 1.807) is 0 Å². The monoisotopic (exact) mass is 244 g/mol. The normalized spacial score (nSPS) is 12.9. The Bertz CT molecular complexity index is 137. The molecule has 0 heterocycles. The summed E-state index contributed by atoms with van der Waals surface area (Å²) < 4.78 is 5.56. The zero-order chi connectivity index (χ0) is 12.8. The van der Waals surface area contributed by atoms with Gasteiger partial charge >= 0.3 is 0 Å². The van der Waals surface area contributed by atoms with E-state index in [1.807, 2.05) is 0 Å². The Balaban J connectivity index is 3.28. The van der Waals surface area contributed by atoms with Gasteiger partial charge in [-0.15, -0.1) is 0 Å². The summed E-state index contributed by atoms with van der Waals surface area (Å²) in [7, 11) is 0. The molecule has 2 heteroatoms. The molecule has 0 aromatic carbocycles. The molecule has 0 aromatic rings. The van der Waals surface area contributed by atoms with Crippen LogP contribution in [0.1, 0.15) is 71.6 Å². The third-order valence-electron chi connectivity index (χ3n) is 3.34. The standard InChI is InChI=1S/C15H32O2/c1-3-5-6-7-8-9-11-15(4-2)14-17-13-10-12-16/h15-16H,3-14H2,1-2H3. The van der Waals surface area contributed by atoms with Gasteiger partial charge in [-0.1, -0.05) is 58.8 Å². The lowest BCUT2D eigenvalue weighted by atomic mass is 9.99. The van der Waals surface area contributed by atoms with E-state index >= 15 is 0 Å². The number of unbranched alkanes of at least 4 members (excludes halogenated alkanes) is 5. The molecule has 1 N–H and O–H groups in total. The Hall–Kier alpha value is -0.0800. The average molecular weight is 244 g/mol. The molecular formula is C15H32O2. The zero-order valence-corrected chi connectivity index (χ0v) is 11.9. The smallest absolute Gasteiger partial charge is 0.0494 e. The Morgan fingerprint density at radius 3 is 2.29 bits per heavy atom. The van der Waals surface area contributed by atoms with Crippen LogP contribution in [0, 0.1) is 5.92 Å². The van der Waals surface area contributed by atoms with Crippen LogP contribution in [0.5, 0.6) is 0 Å². The van der Waals surface area contributed by atoms with E-state index < -0.39 is 0 Å². The first-order chi connectivity index (χ1) is 8.35. The van der Waals surface area contributed by atoms with Crippen LogP contribution in [0.4, 0.5) is 0 Å². The van der Waals surface area contributed by atoms with Crippen LogP contribution in [0.2, 0.25) is 0 Å². The molecule has 0 amide bonds. The van der Waals surface area contributed by atoms with Gasteiger partial charge in [0.15, 0.2) is 0 Å². The highest BCUT2D eigenvalue weighted by atomic mass is 16.5. The molecule has 17 heavy (non-hydrogen) atoms. The molecule has 0 saturated carbocycles. The number of hydrogen-bond acceptors (Lipinski definition) is 2. The van der Waals surface area contributed by atoms with Gasteiger partial charge in [0, 0.05) is 19.8 Å². The molecule has 1 unspecified atom stereocenters. The maximum atomic E-state index is 8.65.